The third-order valence-electron chi connectivity index (χ3n) is 1.28. The Kier molecular flexibility index (Phi) is 2.92. The summed E-state index contributed by atoms with van der Waals surface area (Å²) >= 11 is 4.42. The molecule has 1 rings (SSSR count). The summed E-state index contributed by atoms with van der Waals surface area (Å²) in [5.41, 5.74) is 0. The van der Waals surface area contributed by atoms with E-state index in [0.29, 0.717) is 4.21 Å². The summed E-state index contributed by atoms with van der Waals surface area (Å²) in [6.07, 6.45) is 0. The Bertz CT molecular complexity index is 369. The highest BCUT2D eigenvalue weighted by atomic mass is 79.9. The largest absolute Gasteiger partial charge is 0.252 e. The maximum Gasteiger partial charge on any atom is 0.252 e. The van der Waals surface area contributed by atoms with Crippen LogP contribution in [-0.4, -0.2) is 26.8 Å². The average Bonchev–Trinajstić information content (AvgIpc) is 2.35. The fraction of sp³-hybridized carbons (Fsp3) is 0.333. The van der Waals surface area contributed by atoms with Crippen molar-refractivity contribution in [3.63, 3.8) is 0 Å². The van der Waals surface area contributed by atoms with Gasteiger partial charge in [-0.1, -0.05) is 0 Å². The highest BCUT2D eigenvalue weighted by Gasteiger charge is 2.18. The van der Waals surface area contributed by atoms with Gasteiger partial charge < -0.3 is 0 Å². The molecule has 0 aliphatic rings. The van der Waals surface area contributed by atoms with Crippen LogP contribution in [0.15, 0.2) is 20.1 Å². The van der Waals surface area contributed by atoms with Crippen molar-refractivity contribution in [1.82, 2.24) is 4.31 Å². The van der Waals surface area contributed by atoms with Crippen molar-refractivity contribution >= 4 is 37.3 Å². The first kappa shape index (κ1) is 10.2. The lowest BCUT2D eigenvalue weighted by atomic mass is 10.7. The number of halogens is 1. The maximum absolute atomic E-state index is 11.5. The van der Waals surface area contributed by atoms with E-state index in [2.05, 4.69) is 15.9 Å². The number of sulfonamides is 1. The summed E-state index contributed by atoms with van der Waals surface area (Å²) in [6.45, 7) is 0. The van der Waals surface area contributed by atoms with Gasteiger partial charge in [-0.3, -0.25) is 0 Å². The minimum Gasteiger partial charge on any atom is -0.206 e. The van der Waals surface area contributed by atoms with Gasteiger partial charge in [-0.15, -0.1) is 11.3 Å². The van der Waals surface area contributed by atoms with Gasteiger partial charge in [-0.05, 0) is 28.1 Å². The van der Waals surface area contributed by atoms with Gasteiger partial charge in [0.25, 0.3) is 10.0 Å². The molecular formula is C6H8BrNO2S2. The lowest BCUT2D eigenvalue weighted by Gasteiger charge is -2.07. The Morgan fingerprint density at radius 1 is 1.42 bits per heavy atom. The van der Waals surface area contributed by atoms with Crippen LogP contribution in [0.4, 0.5) is 0 Å². The summed E-state index contributed by atoms with van der Waals surface area (Å²) in [7, 11) is -0.201. The number of thiophene rings is 1. The molecule has 0 aliphatic carbocycles. The molecule has 68 valence electrons. The van der Waals surface area contributed by atoms with Crippen molar-refractivity contribution in [3.8, 4) is 0 Å². The predicted molar refractivity (Wildman–Crippen MR) is 52.9 cm³/mol. The molecular weight excluding hydrogens is 262 g/mol. The second-order valence-corrected chi connectivity index (χ2v) is 7.19. The van der Waals surface area contributed by atoms with Gasteiger partial charge in [0, 0.05) is 14.1 Å². The number of hydrogen-bond acceptors (Lipinski definition) is 3. The van der Waals surface area contributed by atoms with E-state index in [4.69, 9.17) is 0 Å². The summed E-state index contributed by atoms with van der Waals surface area (Å²) in [5, 5.41) is 0. The number of nitrogens with zero attached hydrogens (tertiary/aromatic N) is 1. The normalized spacial score (nSPS) is 12.3. The molecule has 0 radical (unpaired) electrons. The molecule has 12 heavy (non-hydrogen) atoms. The third kappa shape index (κ3) is 1.87. The highest BCUT2D eigenvalue weighted by Crippen LogP contribution is 2.27. The summed E-state index contributed by atoms with van der Waals surface area (Å²) < 4.78 is 25.3. The Morgan fingerprint density at radius 2 is 2.00 bits per heavy atom. The predicted octanol–water partition coefficient (Wildman–Crippen LogP) is 1.76. The molecule has 0 atom stereocenters. The van der Waals surface area contributed by atoms with E-state index >= 15 is 0 Å². The molecule has 6 heteroatoms. The Morgan fingerprint density at radius 3 is 2.33 bits per heavy atom. The van der Waals surface area contributed by atoms with Crippen LogP contribution < -0.4 is 0 Å². The van der Waals surface area contributed by atoms with Crippen molar-refractivity contribution in [2.75, 3.05) is 14.1 Å². The second-order valence-electron chi connectivity index (χ2n) is 2.35. The average molecular weight is 270 g/mol. The van der Waals surface area contributed by atoms with Crippen molar-refractivity contribution < 1.29 is 8.42 Å². The first-order valence-electron chi connectivity index (χ1n) is 3.12. The third-order valence-corrected chi connectivity index (χ3v) is 5.19. The topological polar surface area (TPSA) is 37.4 Å². The van der Waals surface area contributed by atoms with Gasteiger partial charge in [0.15, 0.2) is 0 Å². The first-order chi connectivity index (χ1) is 5.44. The molecule has 0 spiro atoms. The van der Waals surface area contributed by atoms with Crippen LogP contribution in [0.1, 0.15) is 0 Å². The lowest BCUT2D eigenvalue weighted by Crippen LogP contribution is -2.21. The molecule has 0 fully saturated rings. The molecule has 0 saturated carbocycles. The molecule has 1 heterocycles. The molecule has 0 N–H and O–H groups in total. The van der Waals surface area contributed by atoms with Gasteiger partial charge in [-0.25, -0.2) is 12.7 Å². The fourth-order valence-electron chi connectivity index (χ4n) is 0.616. The van der Waals surface area contributed by atoms with Gasteiger partial charge in [0.1, 0.15) is 4.21 Å². The second kappa shape index (κ2) is 3.45. The van der Waals surface area contributed by atoms with E-state index in [0.717, 1.165) is 3.79 Å². The minimum absolute atomic E-state index is 0.361. The zero-order chi connectivity index (χ0) is 9.35. The van der Waals surface area contributed by atoms with Gasteiger partial charge >= 0.3 is 0 Å². The highest BCUT2D eigenvalue weighted by molar-refractivity contribution is 9.11. The molecule has 0 bridgehead atoms. The molecule has 1 aromatic rings. The Balaban J connectivity index is 3.15. The molecule has 0 aliphatic heterocycles. The van der Waals surface area contributed by atoms with Crippen LogP contribution in [0, 0.1) is 0 Å². The van der Waals surface area contributed by atoms with Crippen LogP contribution in [-0.2, 0) is 10.0 Å². The van der Waals surface area contributed by atoms with Crippen molar-refractivity contribution in [2.45, 2.75) is 4.21 Å². The van der Waals surface area contributed by atoms with Crippen LogP contribution in [0.2, 0.25) is 0 Å². The first-order valence-corrected chi connectivity index (χ1v) is 6.17. The lowest BCUT2D eigenvalue weighted by molar-refractivity contribution is 0.523. The molecule has 0 saturated heterocycles. The molecule has 0 unspecified atom stereocenters. The summed E-state index contributed by atoms with van der Waals surface area (Å²) in [4.78, 5) is 0. The van der Waals surface area contributed by atoms with E-state index in [-0.39, 0.29) is 0 Å². The van der Waals surface area contributed by atoms with E-state index in [1.165, 1.54) is 29.7 Å². The van der Waals surface area contributed by atoms with Crippen molar-refractivity contribution in [1.29, 1.82) is 0 Å². The SMILES string of the molecule is CN(C)S(=O)(=O)c1ccc(Br)s1. The molecule has 3 nitrogen and oxygen atoms in total. The van der Waals surface area contributed by atoms with Crippen LogP contribution >= 0.6 is 27.3 Å². The maximum atomic E-state index is 11.5. The van der Waals surface area contributed by atoms with Gasteiger partial charge in [-0.2, -0.15) is 0 Å². The van der Waals surface area contributed by atoms with Crippen molar-refractivity contribution in [3.05, 3.63) is 15.9 Å². The van der Waals surface area contributed by atoms with Crippen LogP contribution in [0.5, 0.6) is 0 Å². The van der Waals surface area contributed by atoms with E-state index in [9.17, 15) is 8.42 Å². The van der Waals surface area contributed by atoms with Crippen LogP contribution in [0.25, 0.3) is 0 Å². The van der Waals surface area contributed by atoms with E-state index in [1.54, 1.807) is 12.1 Å². The van der Waals surface area contributed by atoms with Gasteiger partial charge in [0.05, 0.1) is 3.79 Å². The fourth-order valence-corrected chi connectivity index (χ4v) is 3.80. The Hall–Kier alpha value is 0.0900. The van der Waals surface area contributed by atoms with Crippen LogP contribution in [0.3, 0.4) is 0 Å². The quantitative estimate of drug-likeness (QED) is 0.821. The zero-order valence-electron chi connectivity index (χ0n) is 6.61. The standard InChI is InChI=1S/C6H8BrNO2S2/c1-8(2)12(9,10)6-4-3-5(7)11-6/h3-4H,1-2H3. The summed E-state index contributed by atoms with van der Waals surface area (Å²) in [5.74, 6) is 0. The zero-order valence-corrected chi connectivity index (χ0v) is 9.83. The molecule has 0 aromatic carbocycles. The van der Waals surface area contributed by atoms with E-state index < -0.39 is 10.0 Å². The molecule has 0 amide bonds. The Labute approximate surface area is 84.2 Å². The summed E-state index contributed by atoms with van der Waals surface area (Å²) in [6, 6.07) is 3.31. The van der Waals surface area contributed by atoms with Crippen molar-refractivity contribution in [2.24, 2.45) is 0 Å². The van der Waals surface area contributed by atoms with Gasteiger partial charge in [0.2, 0.25) is 0 Å². The number of hydrogen-bond donors (Lipinski definition) is 0. The minimum atomic E-state index is -3.23. The molecule has 1 aromatic heterocycles. The number of rotatable bonds is 2. The smallest absolute Gasteiger partial charge is 0.206 e. The monoisotopic (exact) mass is 269 g/mol. The van der Waals surface area contributed by atoms with E-state index in [1.807, 2.05) is 0 Å².